The predicted molar refractivity (Wildman–Crippen MR) is 134 cm³/mol. The molecule has 34 heavy (non-hydrogen) atoms. The highest BCUT2D eigenvalue weighted by Crippen LogP contribution is 2.28. The summed E-state index contributed by atoms with van der Waals surface area (Å²) in [6, 6.07) is 5.56. The molecule has 2 aromatic rings. The Morgan fingerprint density at radius 1 is 1.18 bits per heavy atom. The Morgan fingerprint density at radius 3 is 2.50 bits per heavy atom. The molecule has 2 aliphatic heterocycles. The summed E-state index contributed by atoms with van der Waals surface area (Å²) >= 11 is 6.23. The predicted octanol–water partition coefficient (Wildman–Crippen LogP) is 3.28. The zero-order valence-corrected chi connectivity index (χ0v) is 20.6. The van der Waals surface area contributed by atoms with Crippen LogP contribution in [0.5, 0.6) is 0 Å². The van der Waals surface area contributed by atoms with Crippen LogP contribution in [-0.4, -0.2) is 78.0 Å². The molecule has 0 spiro atoms. The van der Waals surface area contributed by atoms with Crippen molar-refractivity contribution in [3.63, 3.8) is 0 Å². The summed E-state index contributed by atoms with van der Waals surface area (Å²) in [4.78, 5) is 27.5. The first kappa shape index (κ1) is 24.6. The molecule has 8 nitrogen and oxygen atoms in total. The number of aryl methyl sites for hydroxylation is 1. The first-order valence-corrected chi connectivity index (χ1v) is 12.3. The van der Waals surface area contributed by atoms with E-state index in [2.05, 4.69) is 37.0 Å². The van der Waals surface area contributed by atoms with Crippen molar-refractivity contribution >= 4 is 34.7 Å². The van der Waals surface area contributed by atoms with Gasteiger partial charge in [-0.1, -0.05) is 24.9 Å². The highest BCUT2D eigenvalue weighted by atomic mass is 35.5. The van der Waals surface area contributed by atoms with Gasteiger partial charge in [-0.25, -0.2) is 14.4 Å². The molecule has 0 atom stereocenters. The third-order valence-electron chi connectivity index (χ3n) is 6.71. The second-order valence-electron chi connectivity index (χ2n) is 9.12. The minimum Gasteiger partial charge on any atom is -0.367 e. The summed E-state index contributed by atoms with van der Waals surface area (Å²) in [6.45, 7) is 7.73. The number of benzene rings is 1. The molecule has 1 aromatic carbocycles. The van der Waals surface area contributed by atoms with Gasteiger partial charge in [0.15, 0.2) is 16.7 Å². The van der Waals surface area contributed by atoms with E-state index in [1.54, 1.807) is 12.1 Å². The Bertz CT molecular complexity index is 1020. The summed E-state index contributed by atoms with van der Waals surface area (Å²) < 4.78 is 15.1. The lowest BCUT2D eigenvalue weighted by Crippen LogP contribution is -2.53. The van der Waals surface area contributed by atoms with Crippen molar-refractivity contribution in [3.05, 3.63) is 40.6 Å². The first-order chi connectivity index (χ1) is 16.4. The summed E-state index contributed by atoms with van der Waals surface area (Å²) in [5, 5.41) is 3.16. The van der Waals surface area contributed by atoms with E-state index >= 15 is 4.39 Å². The van der Waals surface area contributed by atoms with E-state index in [1.165, 1.54) is 18.9 Å². The van der Waals surface area contributed by atoms with Crippen molar-refractivity contribution in [1.29, 1.82) is 0 Å². The number of nitrogens with zero attached hydrogens (tertiary/aromatic N) is 5. The Balaban J connectivity index is 1.43. The number of anilines is 3. The molecule has 3 heterocycles. The highest BCUT2D eigenvalue weighted by molar-refractivity contribution is 6.30. The van der Waals surface area contributed by atoms with Crippen molar-refractivity contribution in [2.45, 2.75) is 38.6 Å². The second kappa shape index (κ2) is 10.8. The molecule has 0 unspecified atom stereocenters. The van der Waals surface area contributed by atoms with Gasteiger partial charge < -0.3 is 20.9 Å². The minimum absolute atomic E-state index is 0.0117. The van der Waals surface area contributed by atoms with Crippen LogP contribution >= 0.6 is 11.6 Å². The summed E-state index contributed by atoms with van der Waals surface area (Å²) in [6.07, 6.45) is 3.79. The van der Waals surface area contributed by atoms with Gasteiger partial charge in [0.25, 0.3) is 5.91 Å². The Morgan fingerprint density at radius 2 is 1.88 bits per heavy atom. The number of hydrogen-bond donors (Lipinski definition) is 2. The highest BCUT2D eigenvalue weighted by Gasteiger charge is 2.27. The van der Waals surface area contributed by atoms with Crippen LogP contribution in [0.1, 0.15) is 42.4 Å². The van der Waals surface area contributed by atoms with Crippen molar-refractivity contribution < 1.29 is 9.18 Å². The van der Waals surface area contributed by atoms with Crippen LogP contribution < -0.4 is 16.0 Å². The van der Waals surface area contributed by atoms with E-state index in [9.17, 15) is 4.79 Å². The Labute approximate surface area is 205 Å². The number of primary amides is 1. The van der Waals surface area contributed by atoms with Crippen molar-refractivity contribution in [1.82, 2.24) is 19.8 Å². The topological polar surface area (TPSA) is 90.6 Å². The number of likely N-dealkylation sites (tertiary alicyclic amines) is 1. The average molecular weight is 490 g/mol. The summed E-state index contributed by atoms with van der Waals surface area (Å²) in [5.41, 5.74) is 7.02. The summed E-state index contributed by atoms with van der Waals surface area (Å²) in [5.74, 6) is -0.931. The fourth-order valence-corrected chi connectivity index (χ4v) is 4.99. The van der Waals surface area contributed by atoms with E-state index in [-0.39, 0.29) is 22.5 Å². The van der Waals surface area contributed by atoms with Crippen molar-refractivity contribution in [3.8, 4) is 0 Å². The van der Waals surface area contributed by atoms with Gasteiger partial charge in [0.2, 0.25) is 0 Å². The molecule has 2 aliphatic rings. The molecule has 0 aliphatic carbocycles. The largest absolute Gasteiger partial charge is 0.367 e. The molecule has 2 saturated heterocycles. The van der Waals surface area contributed by atoms with Crippen LogP contribution in [0.4, 0.5) is 21.6 Å². The van der Waals surface area contributed by atoms with E-state index < -0.39 is 5.91 Å². The smallest absolute Gasteiger partial charge is 0.271 e. The van der Waals surface area contributed by atoms with Gasteiger partial charge in [0.1, 0.15) is 5.82 Å². The SMILES string of the molecule is CCCc1nc(C(N)=O)c(Nc2ccc(N3CCN(C4CCN(C)CC4)CC3)c(F)c2)nc1Cl. The number of hydrogen-bond acceptors (Lipinski definition) is 7. The number of carbonyl (C=O) groups is 1. The molecule has 0 radical (unpaired) electrons. The number of carbonyl (C=O) groups excluding carboxylic acids is 1. The van der Waals surface area contributed by atoms with E-state index in [4.69, 9.17) is 17.3 Å². The maximum Gasteiger partial charge on any atom is 0.271 e. The molecule has 3 N–H and O–H groups in total. The van der Waals surface area contributed by atoms with Gasteiger partial charge in [0, 0.05) is 37.9 Å². The second-order valence-corrected chi connectivity index (χ2v) is 9.48. The standard InChI is InChI=1S/C24H33ClFN7O/c1-3-4-19-22(25)30-24(21(29-19)23(27)34)28-16-5-6-20(18(26)15-16)33-13-11-32(12-14-33)17-7-9-31(2)10-8-17/h5-6,15,17H,3-4,7-14H2,1-2H3,(H2,27,34)(H,28,30). The van der Waals surface area contributed by atoms with Gasteiger partial charge in [-0.15, -0.1) is 0 Å². The fourth-order valence-electron chi connectivity index (χ4n) is 4.77. The Kier molecular flexibility index (Phi) is 7.85. The van der Waals surface area contributed by atoms with Crippen LogP contribution in [0.25, 0.3) is 0 Å². The molecule has 10 heteroatoms. The van der Waals surface area contributed by atoms with Gasteiger partial charge in [-0.05, 0) is 57.6 Å². The van der Waals surface area contributed by atoms with Gasteiger partial charge >= 0.3 is 0 Å². The number of piperidine rings is 1. The van der Waals surface area contributed by atoms with E-state index in [0.29, 0.717) is 29.5 Å². The minimum atomic E-state index is -0.719. The maximum absolute atomic E-state index is 15.1. The molecular formula is C24H33ClFN7O. The third-order valence-corrected chi connectivity index (χ3v) is 7.01. The number of aromatic nitrogens is 2. The van der Waals surface area contributed by atoms with Gasteiger partial charge in [-0.3, -0.25) is 9.69 Å². The average Bonchev–Trinajstić information content (AvgIpc) is 2.81. The van der Waals surface area contributed by atoms with Crippen molar-refractivity contribution in [2.75, 3.05) is 56.5 Å². The third kappa shape index (κ3) is 5.59. The molecule has 184 valence electrons. The first-order valence-electron chi connectivity index (χ1n) is 12.0. The van der Waals surface area contributed by atoms with Gasteiger partial charge in [0.05, 0.1) is 11.4 Å². The zero-order valence-electron chi connectivity index (χ0n) is 19.9. The van der Waals surface area contributed by atoms with E-state index in [0.717, 1.165) is 45.7 Å². The van der Waals surface area contributed by atoms with E-state index in [1.807, 2.05) is 6.92 Å². The molecule has 1 aromatic heterocycles. The number of piperazine rings is 1. The zero-order chi connectivity index (χ0) is 24.2. The van der Waals surface area contributed by atoms with Crippen molar-refractivity contribution in [2.24, 2.45) is 5.73 Å². The summed E-state index contributed by atoms with van der Waals surface area (Å²) in [7, 11) is 2.17. The number of halogens is 2. The molecular weight excluding hydrogens is 457 g/mol. The molecule has 0 saturated carbocycles. The quantitative estimate of drug-likeness (QED) is 0.616. The van der Waals surface area contributed by atoms with Crippen LogP contribution in [-0.2, 0) is 6.42 Å². The Hall–Kier alpha value is -2.49. The lowest BCUT2D eigenvalue weighted by molar-refractivity contribution is 0.0996. The monoisotopic (exact) mass is 489 g/mol. The van der Waals surface area contributed by atoms with Crippen LogP contribution in [0.3, 0.4) is 0 Å². The van der Waals surface area contributed by atoms with Crippen LogP contribution in [0.2, 0.25) is 5.15 Å². The molecule has 1 amide bonds. The molecule has 2 fully saturated rings. The lowest BCUT2D eigenvalue weighted by atomic mass is 10.0. The number of nitrogens with one attached hydrogen (secondary N) is 1. The normalized spacial score (nSPS) is 18.3. The fraction of sp³-hybridized carbons (Fsp3) is 0.542. The number of rotatable bonds is 7. The molecule has 0 bridgehead atoms. The number of amides is 1. The van der Waals surface area contributed by atoms with Gasteiger partial charge in [-0.2, -0.15) is 0 Å². The van der Waals surface area contributed by atoms with Crippen LogP contribution in [0.15, 0.2) is 18.2 Å². The van der Waals surface area contributed by atoms with Crippen LogP contribution in [0, 0.1) is 5.82 Å². The molecule has 4 rings (SSSR count). The maximum atomic E-state index is 15.1. The lowest BCUT2D eigenvalue weighted by Gasteiger charge is -2.42. The number of nitrogens with two attached hydrogens (primary N) is 1.